The Bertz CT molecular complexity index is 3170. The average molecular weight is 733 g/mol. The molecule has 4 nitrogen and oxygen atoms in total. The number of thiophene rings is 1. The Morgan fingerprint density at radius 3 is 1.54 bits per heavy atom. The van der Waals surface area contributed by atoms with Gasteiger partial charge in [0.05, 0.1) is 16.7 Å². The molecule has 0 radical (unpaired) electrons. The molecule has 11 rings (SSSR count). The Morgan fingerprint density at radius 1 is 0.339 bits per heavy atom. The number of benzene rings is 8. The smallest absolute Gasteiger partial charge is 0.166 e. The third-order valence-corrected chi connectivity index (χ3v) is 11.8. The molecular formula is C51H32N4S. The summed E-state index contributed by atoms with van der Waals surface area (Å²) in [5.41, 5.74) is 10.8. The summed E-state index contributed by atoms with van der Waals surface area (Å²) < 4.78 is 4.89. The molecule has 0 unspecified atom stereocenters. The minimum Gasteiger partial charge on any atom is -0.308 e. The van der Waals surface area contributed by atoms with Gasteiger partial charge in [-0.15, -0.1) is 11.3 Å². The van der Waals surface area contributed by atoms with Gasteiger partial charge in [0.15, 0.2) is 17.5 Å². The molecule has 0 fully saturated rings. The van der Waals surface area contributed by atoms with Crippen molar-refractivity contribution in [2.45, 2.75) is 0 Å². The van der Waals surface area contributed by atoms with E-state index in [4.69, 9.17) is 15.0 Å². The molecule has 0 amide bonds. The van der Waals surface area contributed by atoms with Gasteiger partial charge in [0.2, 0.25) is 0 Å². The lowest BCUT2D eigenvalue weighted by atomic mass is 9.95. The van der Waals surface area contributed by atoms with Crippen molar-refractivity contribution in [1.82, 2.24) is 19.5 Å². The average Bonchev–Trinajstić information content (AvgIpc) is 3.82. The zero-order chi connectivity index (χ0) is 37.0. The van der Waals surface area contributed by atoms with Crippen LogP contribution in [0.5, 0.6) is 0 Å². The molecule has 3 heterocycles. The Morgan fingerprint density at radius 2 is 0.875 bits per heavy atom. The molecule has 0 aliphatic rings. The number of aromatic nitrogens is 4. The van der Waals surface area contributed by atoms with Crippen molar-refractivity contribution in [3.8, 4) is 62.1 Å². The summed E-state index contributed by atoms with van der Waals surface area (Å²) in [6.07, 6.45) is 0. The summed E-state index contributed by atoms with van der Waals surface area (Å²) >= 11 is 1.80. The van der Waals surface area contributed by atoms with Crippen LogP contribution in [0.3, 0.4) is 0 Å². The van der Waals surface area contributed by atoms with Crippen LogP contribution in [0, 0.1) is 0 Å². The zero-order valence-electron chi connectivity index (χ0n) is 30.2. The van der Waals surface area contributed by atoms with Crippen molar-refractivity contribution in [1.29, 1.82) is 0 Å². The molecule has 0 N–H and O–H groups in total. The van der Waals surface area contributed by atoms with Gasteiger partial charge in [-0.1, -0.05) is 158 Å². The summed E-state index contributed by atoms with van der Waals surface area (Å²) in [7, 11) is 0. The molecule has 56 heavy (non-hydrogen) atoms. The molecule has 8 aromatic carbocycles. The Labute approximate surface area is 327 Å². The van der Waals surface area contributed by atoms with Gasteiger partial charge >= 0.3 is 0 Å². The lowest BCUT2D eigenvalue weighted by molar-refractivity contribution is 1.07. The van der Waals surface area contributed by atoms with Crippen LogP contribution < -0.4 is 0 Å². The summed E-state index contributed by atoms with van der Waals surface area (Å²) in [5.74, 6) is 1.90. The quantitative estimate of drug-likeness (QED) is 0.171. The first-order valence-electron chi connectivity index (χ1n) is 18.8. The predicted molar refractivity (Wildman–Crippen MR) is 234 cm³/mol. The highest BCUT2D eigenvalue weighted by atomic mass is 32.1. The third kappa shape index (κ3) is 5.40. The fourth-order valence-corrected chi connectivity index (χ4v) is 9.16. The Hall–Kier alpha value is -7.21. The van der Waals surface area contributed by atoms with E-state index in [2.05, 4.69) is 162 Å². The molecule has 0 aliphatic carbocycles. The van der Waals surface area contributed by atoms with E-state index in [9.17, 15) is 0 Å². The number of para-hydroxylation sites is 1. The molecule has 3 aromatic heterocycles. The second kappa shape index (κ2) is 13.3. The summed E-state index contributed by atoms with van der Waals surface area (Å²) in [6.45, 7) is 0. The molecule has 5 heteroatoms. The van der Waals surface area contributed by atoms with E-state index < -0.39 is 0 Å². The van der Waals surface area contributed by atoms with Crippen molar-refractivity contribution >= 4 is 53.3 Å². The fourth-order valence-electron chi connectivity index (χ4n) is 8.04. The van der Waals surface area contributed by atoms with Gasteiger partial charge < -0.3 is 4.57 Å². The van der Waals surface area contributed by atoms with Crippen LogP contribution in [0.2, 0.25) is 0 Å². The first-order valence-corrected chi connectivity index (χ1v) is 19.6. The summed E-state index contributed by atoms with van der Waals surface area (Å²) in [5, 5.41) is 4.82. The van der Waals surface area contributed by atoms with E-state index in [0.29, 0.717) is 17.5 Å². The molecule has 11 aromatic rings. The molecule has 0 aliphatic heterocycles. The first-order chi connectivity index (χ1) is 27.8. The van der Waals surface area contributed by atoms with Crippen molar-refractivity contribution in [2.75, 3.05) is 0 Å². The minimum atomic E-state index is 0.625. The monoisotopic (exact) mass is 732 g/mol. The third-order valence-electron chi connectivity index (χ3n) is 10.6. The highest BCUT2D eigenvalue weighted by molar-refractivity contribution is 7.25. The van der Waals surface area contributed by atoms with E-state index in [1.165, 1.54) is 42.1 Å². The van der Waals surface area contributed by atoms with E-state index in [-0.39, 0.29) is 0 Å². The molecule has 0 saturated carbocycles. The van der Waals surface area contributed by atoms with Crippen LogP contribution in [0.1, 0.15) is 0 Å². The van der Waals surface area contributed by atoms with Crippen molar-refractivity contribution in [3.05, 3.63) is 194 Å². The van der Waals surface area contributed by atoms with Gasteiger partial charge in [-0.05, 0) is 53.1 Å². The van der Waals surface area contributed by atoms with Crippen molar-refractivity contribution in [3.63, 3.8) is 0 Å². The van der Waals surface area contributed by atoms with E-state index in [1.54, 1.807) is 11.3 Å². The number of hydrogen-bond donors (Lipinski definition) is 0. The fraction of sp³-hybridized carbons (Fsp3) is 0. The van der Waals surface area contributed by atoms with Gasteiger partial charge in [-0.3, -0.25) is 0 Å². The number of nitrogens with zero attached hydrogens (tertiary/aromatic N) is 4. The molecule has 0 bridgehead atoms. The van der Waals surface area contributed by atoms with Crippen LogP contribution in [0.25, 0.3) is 104 Å². The first kappa shape index (κ1) is 32.2. The van der Waals surface area contributed by atoms with Crippen molar-refractivity contribution < 1.29 is 0 Å². The standard InChI is InChI=1S/C51H32N4S/c1-5-17-33(18-6-1)37-29-40(34-19-7-2-8-20-34)48-42(30-37)38-25-13-15-27-44(38)55(48)45-31-41-39-26-14-16-28-46(39)56-47(41)32-43(45)51-53-49(35-21-9-3-10-22-35)52-50(54-51)36-23-11-4-12-24-36/h1-32H. The summed E-state index contributed by atoms with van der Waals surface area (Å²) in [6, 6.07) is 68.7. The lowest BCUT2D eigenvalue weighted by Crippen LogP contribution is -2.04. The van der Waals surface area contributed by atoms with E-state index >= 15 is 0 Å². The van der Waals surface area contributed by atoms with Gasteiger partial charge in [-0.2, -0.15) is 0 Å². The topological polar surface area (TPSA) is 43.6 Å². The van der Waals surface area contributed by atoms with Crippen LogP contribution in [0.4, 0.5) is 0 Å². The number of rotatable bonds is 6. The van der Waals surface area contributed by atoms with Gasteiger partial charge in [0, 0.05) is 53.2 Å². The van der Waals surface area contributed by atoms with Gasteiger partial charge in [-0.25, -0.2) is 15.0 Å². The van der Waals surface area contributed by atoms with Gasteiger partial charge in [0.25, 0.3) is 0 Å². The molecule has 0 spiro atoms. The highest BCUT2D eigenvalue weighted by Gasteiger charge is 2.24. The predicted octanol–water partition coefficient (Wildman–Crippen LogP) is 13.7. The second-order valence-electron chi connectivity index (χ2n) is 14.0. The van der Waals surface area contributed by atoms with E-state index in [1.807, 2.05) is 36.4 Å². The molecule has 262 valence electrons. The largest absolute Gasteiger partial charge is 0.308 e. The van der Waals surface area contributed by atoms with Gasteiger partial charge in [0.1, 0.15) is 0 Å². The SMILES string of the molecule is c1ccc(-c2cc(-c3ccccc3)c3c(c2)c2ccccc2n3-c2cc3c(cc2-c2nc(-c4ccccc4)nc(-c4ccccc4)n2)sc2ccccc23)cc1. The molecular weight excluding hydrogens is 701 g/mol. The lowest BCUT2D eigenvalue weighted by Gasteiger charge is -2.17. The normalized spacial score (nSPS) is 11.6. The highest BCUT2D eigenvalue weighted by Crippen LogP contribution is 2.45. The molecule has 0 saturated heterocycles. The maximum Gasteiger partial charge on any atom is 0.166 e. The molecule has 0 atom stereocenters. The Balaban J connectivity index is 1.29. The minimum absolute atomic E-state index is 0.625. The maximum absolute atomic E-state index is 5.29. The van der Waals surface area contributed by atoms with E-state index in [0.717, 1.165) is 44.5 Å². The zero-order valence-corrected chi connectivity index (χ0v) is 31.0. The van der Waals surface area contributed by atoms with Crippen LogP contribution in [-0.4, -0.2) is 19.5 Å². The summed E-state index contributed by atoms with van der Waals surface area (Å²) in [4.78, 5) is 15.6. The second-order valence-corrected chi connectivity index (χ2v) is 15.1. The van der Waals surface area contributed by atoms with Crippen molar-refractivity contribution in [2.24, 2.45) is 0 Å². The number of fused-ring (bicyclic) bond motifs is 6. The maximum atomic E-state index is 5.29. The van der Waals surface area contributed by atoms with Crippen LogP contribution >= 0.6 is 11.3 Å². The van der Waals surface area contributed by atoms with Crippen LogP contribution in [-0.2, 0) is 0 Å². The van der Waals surface area contributed by atoms with Crippen LogP contribution in [0.15, 0.2) is 194 Å². The number of hydrogen-bond acceptors (Lipinski definition) is 4. The Kier molecular flexibility index (Phi) is 7.64.